The summed E-state index contributed by atoms with van der Waals surface area (Å²) < 4.78 is 0. The highest BCUT2D eigenvalue weighted by molar-refractivity contribution is 6.31. The van der Waals surface area contributed by atoms with Gasteiger partial charge in [-0.1, -0.05) is 17.7 Å². The zero-order valence-corrected chi connectivity index (χ0v) is 10.4. The van der Waals surface area contributed by atoms with Crippen LogP contribution in [0.25, 0.3) is 0 Å². The first-order chi connectivity index (χ1) is 8.65. The first kappa shape index (κ1) is 12.4. The average molecular weight is 265 g/mol. The lowest BCUT2D eigenvalue weighted by Gasteiger charge is -2.07. The number of nitrogen functional groups attached to an aromatic ring is 1. The number of aromatic amines is 1. The van der Waals surface area contributed by atoms with E-state index in [1.165, 1.54) is 0 Å². The minimum atomic E-state index is -0.0906. The topological polar surface area (TPSA) is 83.8 Å². The van der Waals surface area contributed by atoms with E-state index in [1.54, 1.807) is 30.7 Å². The molecule has 18 heavy (non-hydrogen) atoms. The monoisotopic (exact) mass is 264 g/mol. The molecule has 0 bridgehead atoms. The highest BCUT2D eigenvalue weighted by Crippen LogP contribution is 2.18. The van der Waals surface area contributed by atoms with E-state index in [9.17, 15) is 4.79 Å². The van der Waals surface area contributed by atoms with Gasteiger partial charge >= 0.3 is 0 Å². The van der Waals surface area contributed by atoms with Gasteiger partial charge in [-0.25, -0.2) is 4.98 Å². The standard InChI is InChI=1S/C12H13ClN4O/c13-11-3-9(14)2-1-8(11)5-16-12(18)4-10-6-15-7-17-10/h1-3,6-7H,4-5,14H2,(H,15,17)(H,16,18). The third kappa shape index (κ3) is 3.24. The van der Waals surface area contributed by atoms with Crippen LogP contribution < -0.4 is 11.1 Å². The molecule has 1 heterocycles. The average Bonchev–Trinajstić information content (AvgIpc) is 2.80. The summed E-state index contributed by atoms with van der Waals surface area (Å²) in [7, 11) is 0. The second-order valence-electron chi connectivity index (χ2n) is 3.88. The summed E-state index contributed by atoms with van der Waals surface area (Å²) in [6.45, 7) is 0.381. The normalized spacial score (nSPS) is 10.3. The number of imidazole rings is 1. The number of anilines is 1. The van der Waals surface area contributed by atoms with Crippen LogP contribution in [0, 0.1) is 0 Å². The van der Waals surface area contributed by atoms with Crippen LogP contribution in [0.3, 0.4) is 0 Å². The van der Waals surface area contributed by atoms with Gasteiger partial charge in [-0.05, 0) is 17.7 Å². The number of carbonyl (C=O) groups excluding carboxylic acids is 1. The summed E-state index contributed by atoms with van der Waals surface area (Å²) in [5, 5.41) is 3.34. The van der Waals surface area contributed by atoms with Gasteiger partial charge in [0.1, 0.15) is 0 Å². The molecule has 0 aliphatic carbocycles. The van der Waals surface area contributed by atoms with Crippen molar-refractivity contribution in [2.75, 3.05) is 5.73 Å². The zero-order valence-electron chi connectivity index (χ0n) is 9.61. The fourth-order valence-electron chi connectivity index (χ4n) is 1.52. The summed E-state index contributed by atoms with van der Waals surface area (Å²) in [6.07, 6.45) is 3.43. The number of aromatic nitrogens is 2. The maximum absolute atomic E-state index is 11.6. The Kier molecular flexibility index (Phi) is 3.84. The van der Waals surface area contributed by atoms with Crippen LogP contribution in [-0.4, -0.2) is 15.9 Å². The Morgan fingerprint density at radius 3 is 3.00 bits per heavy atom. The van der Waals surface area contributed by atoms with Crippen molar-refractivity contribution in [1.29, 1.82) is 0 Å². The molecule has 0 spiro atoms. The van der Waals surface area contributed by atoms with E-state index in [0.717, 1.165) is 11.3 Å². The Bertz CT molecular complexity index is 539. The van der Waals surface area contributed by atoms with Gasteiger partial charge in [0.05, 0.1) is 12.7 Å². The molecule has 1 aromatic carbocycles. The summed E-state index contributed by atoms with van der Waals surface area (Å²) >= 11 is 6.01. The zero-order chi connectivity index (χ0) is 13.0. The molecule has 94 valence electrons. The molecule has 6 heteroatoms. The largest absolute Gasteiger partial charge is 0.399 e. The van der Waals surface area contributed by atoms with E-state index in [4.69, 9.17) is 17.3 Å². The van der Waals surface area contributed by atoms with E-state index >= 15 is 0 Å². The number of nitrogens with one attached hydrogen (secondary N) is 2. The van der Waals surface area contributed by atoms with Gasteiger partial charge in [-0.2, -0.15) is 0 Å². The maximum Gasteiger partial charge on any atom is 0.226 e. The fraction of sp³-hybridized carbons (Fsp3) is 0.167. The number of H-pyrrole nitrogens is 1. The summed E-state index contributed by atoms with van der Waals surface area (Å²) in [5.74, 6) is -0.0906. The van der Waals surface area contributed by atoms with Crippen molar-refractivity contribution >= 4 is 23.2 Å². The molecule has 1 amide bonds. The molecule has 5 nitrogen and oxygen atoms in total. The number of amides is 1. The summed E-state index contributed by atoms with van der Waals surface area (Å²) in [5.41, 5.74) is 7.81. The van der Waals surface area contributed by atoms with Gasteiger partial charge in [0.2, 0.25) is 5.91 Å². The van der Waals surface area contributed by atoms with Crippen molar-refractivity contribution in [2.45, 2.75) is 13.0 Å². The van der Waals surface area contributed by atoms with E-state index in [1.807, 2.05) is 0 Å². The van der Waals surface area contributed by atoms with E-state index < -0.39 is 0 Å². The Hall–Kier alpha value is -2.01. The molecular formula is C12H13ClN4O. The van der Waals surface area contributed by atoms with Crippen molar-refractivity contribution < 1.29 is 4.79 Å². The Balaban J connectivity index is 1.89. The number of rotatable bonds is 4. The van der Waals surface area contributed by atoms with Gasteiger partial charge in [0.25, 0.3) is 0 Å². The van der Waals surface area contributed by atoms with Crippen molar-refractivity contribution in [3.63, 3.8) is 0 Å². The van der Waals surface area contributed by atoms with Crippen molar-refractivity contribution in [3.05, 3.63) is 47.0 Å². The minimum absolute atomic E-state index is 0.0906. The van der Waals surface area contributed by atoms with E-state index in [0.29, 0.717) is 17.3 Å². The number of hydrogen-bond acceptors (Lipinski definition) is 3. The van der Waals surface area contributed by atoms with E-state index in [2.05, 4.69) is 15.3 Å². The third-order valence-electron chi connectivity index (χ3n) is 2.46. The lowest BCUT2D eigenvalue weighted by molar-refractivity contribution is -0.120. The highest BCUT2D eigenvalue weighted by Gasteiger charge is 2.06. The van der Waals surface area contributed by atoms with Gasteiger partial charge < -0.3 is 16.0 Å². The fourth-order valence-corrected chi connectivity index (χ4v) is 1.77. The molecule has 4 N–H and O–H groups in total. The second-order valence-corrected chi connectivity index (χ2v) is 4.29. The van der Waals surface area contributed by atoms with Gasteiger partial charge in [-0.3, -0.25) is 4.79 Å². The Morgan fingerprint density at radius 2 is 2.33 bits per heavy atom. The lowest BCUT2D eigenvalue weighted by Crippen LogP contribution is -2.24. The molecular weight excluding hydrogens is 252 g/mol. The van der Waals surface area contributed by atoms with Crippen molar-refractivity contribution in [2.24, 2.45) is 0 Å². The maximum atomic E-state index is 11.6. The van der Waals surface area contributed by atoms with Gasteiger partial charge in [0, 0.05) is 29.1 Å². The molecule has 0 aliphatic rings. The van der Waals surface area contributed by atoms with Gasteiger partial charge in [0.15, 0.2) is 0 Å². The molecule has 0 aliphatic heterocycles. The number of nitrogens with two attached hydrogens (primary N) is 1. The van der Waals surface area contributed by atoms with Crippen LogP contribution >= 0.6 is 11.6 Å². The predicted molar refractivity (Wildman–Crippen MR) is 70.0 cm³/mol. The smallest absolute Gasteiger partial charge is 0.226 e. The lowest BCUT2D eigenvalue weighted by atomic mass is 10.2. The Morgan fingerprint density at radius 1 is 1.50 bits per heavy atom. The molecule has 0 fully saturated rings. The molecule has 0 radical (unpaired) electrons. The number of carbonyl (C=O) groups is 1. The predicted octanol–water partition coefficient (Wildman–Crippen LogP) is 1.50. The summed E-state index contributed by atoms with van der Waals surface area (Å²) in [4.78, 5) is 18.4. The quantitative estimate of drug-likeness (QED) is 0.732. The van der Waals surface area contributed by atoms with Crippen molar-refractivity contribution in [3.8, 4) is 0 Å². The second kappa shape index (κ2) is 5.55. The Labute approximate surface area is 109 Å². The number of nitrogens with zero attached hydrogens (tertiary/aromatic N) is 1. The first-order valence-corrected chi connectivity index (χ1v) is 5.81. The number of hydrogen-bond donors (Lipinski definition) is 3. The van der Waals surface area contributed by atoms with Gasteiger partial charge in [-0.15, -0.1) is 0 Å². The molecule has 2 aromatic rings. The minimum Gasteiger partial charge on any atom is -0.399 e. The van der Waals surface area contributed by atoms with Crippen molar-refractivity contribution in [1.82, 2.24) is 15.3 Å². The molecule has 2 rings (SSSR count). The van der Waals surface area contributed by atoms with Crippen LogP contribution in [0.5, 0.6) is 0 Å². The third-order valence-corrected chi connectivity index (χ3v) is 2.81. The molecule has 0 atom stereocenters. The number of benzene rings is 1. The van der Waals surface area contributed by atoms with Crippen LogP contribution in [-0.2, 0) is 17.8 Å². The van der Waals surface area contributed by atoms with Crippen LogP contribution in [0.1, 0.15) is 11.3 Å². The first-order valence-electron chi connectivity index (χ1n) is 5.43. The number of halogens is 1. The van der Waals surface area contributed by atoms with Crippen LogP contribution in [0.4, 0.5) is 5.69 Å². The molecule has 1 aromatic heterocycles. The van der Waals surface area contributed by atoms with Crippen LogP contribution in [0.2, 0.25) is 5.02 Å². The van der Waals surface area contributed by atoms with E-state index in [-0.39, 0.29) is 12.3 Å². The molecule has 0 saturated carbocycles. The highest BCUT2D eigenvalue weighted by atomic mass is 35.5. The summed E-state index contributed by atoms with van der Waals surface area (Å²) in [6, 6.07) is 5.22. The molecule has 0 unspecified atom stereocenters. The SMILES string of the molecule is Nc1ccc(CNC(=O)Cc2cnc[nH]2)c(Cl)c1. The molecule has 0 saturated heterocycles. The van der Waals surface area contributed by atoms with Crippen LogP contribution in [0.15, 0.2) is 30.7 Å².